The number of aryl methyl sites for hydroxylation is 1. The van der Waals surface area contributed by atoms with E-state index in [1.165, 1.54) is 57.8 Å². The number of aromatic nitrogens is 4. The first kappa shape index (κ1) is 19.6. The lowest BCUT2D eigenvalue weighted by Gasteiger charge is -2.05. The molecule has 23 heavy (non-hydrogen) atoms. The maximum atomic E-state index is 11.5. The molecule has 0 radical (unpaired) electrons. The van der Waals surface area contributed by atoms with Gasteiger partial charge in [0, 0.05) is 6.42 Å². The van der Waals surface area contributed by atoms with Gasteiger partial charge >= 0.3 is 5.97 Å². The quantitative estimate of drug-likeness (QED) is 0.385. The van der Waals surface area contributed by atoms with E-state index in [9.17, 15) is 4.79 Å². The summed E-state index contributed by atoms with van der Waals surface area (Å²) >= 11 is 0. The molecular weight excluding hydrogens is 292 g/mol. The monoisotopic (exact) mass is 324 g/mol. The van der Waals surface area contributed by atoms with Gasteiger partial charge in [0.2, 0.25) is 0 Å². The molecule has 0 amide bonds. The maximum Gasteiger partial charge on any atom is 0.327 e. The van der Waals surface area contributed by atoms with Crippen LogP contribution in [-0.2, 0) is 22.5 Å². The number of esters is 1. The predicted octanol–water partition coefficient (Wildman–Crippen LogP) is 3.70. The minimum atomic E-state index is -0.288. The molecule has 1 aromatic heterocycles. The number of carbonyl (C=O) groups excluding carboxylic acids is 1. The lowest BCUT2D eigenvalue weighted by molar-refractivity contribution is -0.144. The van der Waals surface area contributed by atoms with E-state index in [1.807, 2.05) is 0 Å². The molecule has 0 aromatic carbocycles. The molecule has 6 nitrogen and oxygen atoms in total. The summed E-state index contributed by atoms with van der Waals surface area (Å²) in [6, 6.07) is 0. The zero-order chi connectivity index (χ0) is 16.8. The van der Waals surface area contributed by atoms with Crippen molar-refractivity contribution in [1.82, 2.24) is 20.2 Å². The molecule has 0 saturated carbocycles. The van der Waals surface area contributed by atoms with E-state index in [1.54, 1.807) is 11.6 Å². The van der Waals surface area contributed by atoms with Gasteiger partial charge in [0.15, 0.2) is 5.82 Å². The van der Waals surface area contributed by atoms with Crippen molar-refractivity contribution < 1.29 is 9.53 Å². The second-order valence-electron chi connectivity index (χ2n) is 5.99. The van der Waals surface area contributed by atoms with Crippen molar-refractivity contribution in [1.29, 1.82) is 0 Å². The second-order valence-corrected chi connectivity index (χ2v) is 5.99. The summed E-state index contributed by atoms with van der Waals surface area (Å²) in [6.45, 7) is 4.54. The van der Waals surface area contributed by atoms with Crippen LogP contribution in [0, 0.1) is 0 Å². The molecule has 6 heteroatoms. The number of unbranched alkanes of at least 4 members (excludes halogenated alkanes) is 9. The molecule has 0 N–H and O–H groups in total. The summed E-state index contributed by atoms with van der Waals surface area (Å²) in [6.07, 6.45) is 13.9. The molecule has 0 aliphatic rings. The molecule has 0 atom stereocenters. The molecule has 0 bridgehead atoms. The summed E-state index contributed by atoms with van der Waals surface area (Å²) < 4.78 is 6.47. The molecule has 0 aliphatic carbocycles. The zero-order valence-corrected chi connectivity index (χ0v) is 14.8. The first-order valence-corrected chi connectivity index (χ1v) is 9.18. The summed E-state index contributed by atoms with van der Waals surface area (Å²) in [5.41, 5.74) is 0. The van der Waals surface area contributed by atoms with Crippen molar-refractivity contribution in [3.63, 3.8) is 0 Å². The van der Waals surface area contributed by atoms with Gasteiger partial charge in [-0.2, -0.15) is 0 Å². The van der Waals surface area contributed by atoms with Gasteiger partial charge < -0.3 is 4.74 Å². The van der Waals surface area contributed by atoms with E-state index < -0.39 is 0 Å². The lowest BCUT2D eigenvalue weighted by Crippen LogP contribution is -2.16. The molecule has 1 aromatic rings. The Morgan fingerprint density at radius 3 is 2.17 bits per heavy atom. The van der Waals surface area contributed by atoms with Crippen LogP contribution >= 0.6 is 0 Å². The van der Waals surface area contributed by atoms with E-state index in [0.717, 1.165) is 18.7 Å². The standard InChI is InChI=1S/C17H32N4O2/c1-3-5-6-7-8-9-10-11-12-13-14-16-18-19-20-21(16)15-17(22)23-4-2/h3-15H2,1-2H3. The molecule has 1 heterocycles. The normalized spacial score (nSPS) is 10.9. The average Bonchev–Trinajstić information content (AvgIpc) is 2.96. The van der Waals surface area contributed by atoms with Crippen LogP contribution in [0.4, 0.5) is 0 Å². The van der Waals surface area contributed by atoms with Gasteiger partial charge in [-0.3, -0.25) is 4.79 Å². The van der Waals surface area contributed by atoms with Gasteiger partial charge in [0.1, 0.15) is 6.54 Å². The number of ether oxygens (including phenoxy) is 1. The largest absolute Gasteiger partial charge is 0.465 e. The van der Waals surface area contributed by atoms with Crippen molar-refractivity contribution in [2.45, 2.75) is 91.0 Å². The van der Waals surface area contributed by atoms with Crippen molar-refractivity contribution in [3.8, 4) is 0 Å². The summed E-state index contributed by atoms with van der Waals surface area (Å²) in [5.74, 6) is 0.488. The second kappa shape index (κ2) is 13.0. The Balaban J connectivity index is 2.05. The van der Waals surface area contributed by atoms with Crippen LogP contribution in [0.25, 0.3) is 0 Å². The van der Waals surface area contributed by atoms with Crippen molar-refractivity contribution in [2.75, 3.05) is 6.61 Å². The maximum absolute atomic E-state index is 11.5. The lowest BCUT2D eigenvalue weighted by atomic mass is 10.1. The van der Waals surface area contributed by atoms with Crippen LogP contribution in [0.5, 0.6) is 0 Å². The first-order valence-electron chi connectivity index (χ1n) is 9.18. The molecule has 0 saturated heterocycles. The highest BCUT2D eigenvalue weighted by molar-refractivity contribution is 5.68. The Labute approximate surface area is 140 Å². The molecule has 132 valence electrons. The van der Waals surface area contributed by atoms with Crippen LogP contribution in [0.3, 0.4) is 0 Å². The van der Waals surface area contributed by atoms with E-state index >= 15 is 0 Å². The van der Waals surface area contributed by atoms with Crippen LogP contribution in [0.15, 0.2) is 0 Å². The Hall–Kier alpha value is -1.46. The highest BCUT2D eigenvalue weighted by atomic mass is 16.5. The predicted molar refractivity (Wildman–Crippen MR) is 90.0 cm³/mol. The van der Waals surface area contributed by atoms with Crippen LogP contribution in [0.1, 0.15) is 83.9 Å². The van der Waals surface area contributed by atoms with Crippen molar-refractivity contribution in [2.24, 2.45) is 0 Å². The van der Waals surface area contributed by atoms with E-state index in [-0.39, 0.29) is 12.5 Å². The Morgan fingerprint density at radius 2 is 1.57 bits per heavy atom. The van der Waals surface area contributed by atoms with Gasteiger partial charge in [-0.15, -0.1) is 5.10 Å². The molecular formula is C17H32N4O2. The summed E-state index contributed by atoms with van der Waals surface area (Å²) in [5, 5.41) is 11.5. The Kier molecular flexibility index (Phi) is 11.1. The fraction of sp³-hybridized carbons (Fsp3) is 0.882. The minimum Gasteiger partial charge on any atom is -0.465 e. The molecule has 1 rings (SSSR count). The number of hydrogen-bond acceptors (Lipinski definition) is 5. The average molecular weight is 324 g/mol. The fourth-order valence-corrected chi connectivity index (χ4v) is 2.62. The van der Waals surface area contributed by atoms with E-state index in [4.69, 9.17) is 4.74 Å². The Bertz CT molecular complexity index is 420. The number of nitrogens with zero attached hydrogens (tertiary/aromatic N) is 4. The fourth-order valence-electron chi connectivity index (χ4n) is 2.62. The van der Waals surface area contributed by atoms with Crippen LogP contribution in [0.2, 0.25) is 0 Å². The summed E-state index contributed by atoms with van der Waals surface area (Å²) in [7, 11) is 0. The highest BCUT2D eigenvalue weighted by Crippen LogP contribution is 2.11. The third-order valence-corrected chi connectivity index (χ3v) is 3.94. The number of hydrogen-bond donors (Lipinski definition) is 0. The van der Waals surface area contributed by atoms with Crippen molar-refractivity contribution >= 4 is 5.97 Å². The van der Waals surface area contributed by atoms with E-state index in [2.05, 4.69) is 22.4 Å². The van der Waals surface area contributed by atoms with Gasteiger partial charge in [0.05, 0.1) is 6.61 Å². The van der Waals surface area contributed by atoms with Gasteiger partial charge in [-0.25, -0.2) is 4.68 Å². The molecule has 0 fully saturated rings. The van der Waals surface area contributed by atoms with Crippen LogP contribution < -0.4 is 0 Å². The van der Waals surface area contributed by atoms with Gasteiger partial charge in [-0.05, 0) is 23.8 Å². The number of carbonyl (C=O) groups is 1. The van der Waals surface area contributed by atoms with Crippen LogP contribution in [-0.4, -0.2) is 32.8 Å². The zero-order valence-electron chi connectivity index (χ0n) is 14.8. The molecule has 0 spiro atoms. The van der Waals surface area contributed by atoms with Gasteiger partial charge in [0.25, 0.3) is 0 Å². The van der Waals surface area contributed by atoms with Gasteiger partial charge in [-0.1, -0.05) is 64.7 Å². The number of rotatable bonds is 14. The third kappa shape index (κ3) is 9.31. The Morgan fingerprint density at radius 1 is 0.957 bits per heavy atom. The highest BCUT2D eigenvalue weighted by Gasteiger charge is 2.10. The SMILES string of the molecule is CCCCCCCCCCCCc1nnnn1CC(=O)OCC. The summed E-state index contributed by atoms with van der Waals surface area (Å²) in [4.78, 5) is 11.5. The minimum absolute atomic E-state index is 0.105. The molecule has 0 unspecified atom stereocenters. The topological polar surface area (TPSA) is 69.9 Å². The first-order chi connectivity index (χ1) is 11.3. The molecule has 0 aliphatic heterocycles. The van der Waals surface area contributed by atoms with E-state index in [0.29, 0.717) is 6.61 Å². The third-order valence-electron chi connectivity index (χ3n) is 3.94. The van der Waals surface area contributed by atoms with Crippen molar-refractivity contribution in [3.05, 3.63) is 5.82 Å². The smallest absolute Gasteiger partial charge is 0.327 e. The number of tetrazole rings is 1.